The van der Waals surface area contributed by atoms with Gasteiger partial charge in [0.25, 0.3) is 11.7 Å². The number of rotatable bonds is 4. The molecule has 0 saturated heterocycles. The molecule has 1 unspecified atom stereocenters. The molecule has 5 nitrogen and oxygen atoms in total. The second-order valence-corrected chi connectivity index (χ2v) is 8.24. The fourth-order valence-corrected chi connectivity index (χ4v) is 4.66. The molecule has 5 heteroatoms. The summed E-state index contributed by atoms with van der Waals surface area (Å²) in [6, 6.07) is 6.37. The van der Waals surface area contributed by atoms with Gasteiger partial charge in [0, 0.05) is 24.6 Å². The number of carbonyl (C=O) groups is 1. The Morgan fingerprint density at radius 3 is 2.54 bits per heavy atom. The van der Waals surface area contributed by atoms with Gasteiger partial charge in [0.2, 0.25) is 0 Å². The van der Waals surface area contributed by atoms with Gasteiger partial charge in [-0.05, 0) is 50.7 Å². The molecule has 4 rings (SSSR count). The molecule has 3 aliphatic rings. The highest BCUT2D eigenvalue weighted by Crippen LogP contribution is 2.46. The van der Waals surface area contributed by atoms with Crippen molar-refractivity contribution >= 4 is 11.6 Å². The topological polar surface area (TPSA) is 52.0 Å². The van der Waals surface area contributed by atoms with E-state index in [0.29, 0.717) is 12.6 Å². The zero-order valence-electron chi connectivity index (χ0n) is 15.8. The van der Waals surface area contributed by atoms with E-state index in [0.717, 1.165) is 42.9 Å². The van der Waals surface area contributed by atoms with Crippen molar-refractivity contribution in [3.63, 3.8) is 0 Å². The van der Waals surface area contributed by atoms with E-state index in [1.54, 1.807) is 0 Å². The molecule has 1 amide bonds. The van der Waals surface area contributed by atoms with Crippen LogP contribution >= 0.6 is 0 Å². The molecule has 1 heterocycles. The molecule has 1 aliphatic heterocycles. The minimum Gasteiger partial charge on any atom is -0.448 e. The predicted molar refractivity (Wildman–Crippen MR) is 101 cm³/mol. The number of likely N-dealkylation sites (N-methyl/N-ethyl adjacent to an activating group) is 1. The van der Waals surface area contributed by atoms with Crippen molar-refractivity contribution in [3.8, 4) is 11.5 Å². The van der Waals surface area contributed by atoms with Gasteiger partial charge in [0.15, 0.2) is 18.0 Å². The average molecular weight is 359 g/mol. The number of hydrogen-bond acceptors (Lipinski definition) is 3. The summed E-state index contributed by atoms with van der Waals surface area (Å²) in [5, 5.41) is 3.04. The molecule has 1 aromatic rings. The van der Waals surface area contributed by atoms with E-state index in [1.807, 2.05) is 18.2 Å². The van der Waals surface area contributed by atoms with Crippen molar-refractivity contribution in [2.75, 3.05) is 18.9 Å². The van der Waals surface area contributed by atoms with Crippen molar-refractivity contribution in [1.29, 1.82) is 0 Å². The minimum atomic E-state index is -0.464. The third-order valence-corrected chi connectivity index (χ3v) is 6.18. The highest BCUT2D eigenvalue weighted by Gasteiger charge is 2.42. The third-order valence-electron chi connectivity index (χ3n) is 6.18. The van der Waals surface area contributed by atoms with Crippen LogP contribution in [0.25, 0.3) is 0 Å². The van der Waals surface area contributed by atoms with Gasteiger partial charge in [-0.2, -0.15) is 0 Å². The van der Waals surface area contributed by atoms with Gasteiger partial charge in [-0.3, -0.25) is 4.79 Å². The van der Waals surface area contributed by atoms with Crippen LogP contribution in [0.4, 0.5) is 5.69 Å². The van der Waals surface area contributed by atoms with Gasteiger partial charge in [-0.25, -0.2) is 0 Å². The lowest BCUT2D eigenvalue weighted by Gasteiger charge is -2.31. The number of fused-ring (bicyclic) bond motifs is 1. The fraction of sp³-hybridized carbons (Fsp3) is 0.667. The van der Waals surface area contributed by atoms with Crippen LogP contribution in [-0.4, -0.2) is 31.3 Å². The molecule has 2 aliphatic carbocycles. The Balaban J connectivity index is 1.34. The van der Waals surface area contributed by atoms with E-state index in [4.69, 9.17) is 9.47 Å². The number of hydrogen-bond donors (Lipinski definition) is 2. The van der Waals surface area contributed by atoms with Crippen molar-refractivity contribution < 1.29 is 19.2 Å². The standard InChI is InChI=1S/C21H30N2O3/c1-23(17-8-4-2-5-9-17)15-20(24)22-16-10-11-18-19(14-16)26-21(25-18)12-6-3-7-13-21/h10-11,14,17H,2-9,12-13,15H2,1H3,(H,22,24)/p+1. The summed E-state index contributed by atoms with van der Waals surface area (Å²) < 4.78 is 12.3. The van der Waals surface area contributed by atoms with Crippen LogP contribution in [-0.2, 0) is 4.79 Å². The van der Waals surface area contributed by atoms with Gasteiger partial charge in [-0.1, -0.05) is 12.8 Å². The van der Waals surface area contributed by atoms with E-state index < -0.39 is 5.79 Å². The first kappa shape index (κ1) is 17.7. The van der Waals surface area contributed by atoms with Crippen LogP contribution in [0.3, 0.4) is 0 Å². The summed E-state index contributed by atoms with van der Waals surface area (Å²) in [6.07, 6.45) is 11.9. The maximum atomic E-state index is 12.5. The quantitative estimate of drug-likeness (QED) is 0.869. The van der Waals surface area contributed by atoms with E-state index in [9.17, 15) is 4.79 Å². The largest absolute Gasteiger partial charge is 0.448 e. The lowest BCUT2D eigenvalue weighted by Crippen LogP contribution is -3.14. The molecule has 1 spiro atoms. The maximum Gasteiger partial charge on any atom is 0.279 e. The van der Waals surface area contributed by atoms with Crippen molar-refractivity contribution in [3.05, 3.63) is 18.2 Å². The summed E-state index contributed by atoms with van der Waals surface area (Å²) in [6.45, 7) is 0.517. The number of nitrogens with one attached hydrogen (secondary N) is 2. The Morgan fingerprint density at radius 1 is 1.08 bits per heavy atom. The molecular formula is C21H31N2O3+. The monoisotopic (exact) mass is 359 g/mol. The Morgan fingerprint density at radius 2 is 1.77 bits per heavy atom. The van der Waals surface area contributed by atoms with Crippen LogP contribution < -0.4 is 19.7 Å². The Labute approximate surface area is 156 Å². The van der Waals surface area contributed by atoms with Crippen LogP contribution in [0.1, 0.15) is 64.2 Å². The number of anilines is 1. The van der Waals surface area contributed by atoms with Gasteiger partial charge in [-0.15, -0.1) is 0 Å². The molecule has 0 aromatic heterocycles. The van der Waals surface area contributed by atoms with Crippen LogP contribution in [0.5, 0.6) is 11.5 Å². The first-order chi connectivity index (χ1) is 12.6. The molecule has 1 atom stereocenters. The Kier molecular flexibility index (Phi) is 5.07. The number of quaternary nitrogens is 1. The highest BCUT2D eigenvalue weighted by atomic mass is 16.7. The summed E-state index contributed by atoms with van der Waals surface area (Å²) in [4.78, 5) is 13.8. The van der Waals surface area contributed by atoms with Crippen molar-refractivity contribution in [2.45, 2.75) is 76.0 Å². The molecule has 2 saturated carbocycles. The number of carbonyl (C=O) groups excluding carboxylic acids is 1. The van der Waals surface area contributed by atoms with Crippen molar-refractivity contribution in [1.82, 2.24) is 0 Å². The second-order valence-electron chi connectivity index (χ2n) is 8.24. The number of benzene rings is 1. The Bertz CT molecular complexity index is 649. The van der Waals surface area contributed by atoms with E-state index in [2.05, 4.69) is 12.4 Å². The normalized spacial score (nSPS) is 23.0. The molecule has 2 fully saturated rings. The molecule has 142 valence electrons. The summed E-state index contributed by atoms with van der Waals surface area (Å²) in [7, 11) is 2.14. The fourth-order valence-electron chi connectivity index (χ4n) is 4.66. The minimum absolute atomic E-state index is 0.0688. The van der Waals surface area contributed by atoms with Gasteiger partial charge < -0.3 is 19.7 Å². The van der Waals surface area contributed by atoms with Gasteiger partial charge >= 0.3 is 0 Å². The smallest absolute Gasteiger partial charge is 0.279 e. The van der Waals surface area contributed by atoms with Gasteiger partial charge in [0.1, 0.15) is 0 Å². The lowest BCUT2D eigenvalue weighted by molar-refractivity contribution is -0.899. The van der Waals surface area contributed by atoms with Gasteiger partial charge in [0.05, 0.1) is 13.1 Å². The maximum absolute atomic E-state index is 12.5. The van der Waals surface area contributed by atoms with E-state index in [-0.39, 0.29) is 5.91 Å². The average Bonchev–Trinajstić information content (AvgIpc) is 2.99. The van der Waals surface area contributed by atoms with Crippen LogP contribution in [0, 0.1) is 0 Å². The first-order valence-corrected chi connectivity index (χ1v) is 10.3. The summed E-state index contributed by atoms with van der Waals surface area (Å²) in [5.74, 6) is 1.17. The second kappa shape index (κ2) is 7.47. The first-order valence-electron chi connectivity index (χ1n) is 10.3. The van der Waals surface area contributed by atoms with Crippen LogP contribution in [0.2, 0.25) is 0 Å². The summed E-state index contributed by atoms with van der Waals surface area (Å²) >= 11 is 0. The predicted octanol–water partition coefficient (Wildman–Crippen LogP) is 2.90. The molecule has 0 bridgehead atoms. The van der Waals surface area contributed by atoms with E-state index in [1.165, 1.54) is 43.4 Å². The molecule has 1 aromatic carbocycles. The molecule has 0 radical (unpaired) electrons. The number of amides is 1. The SMILES string of the molecule is C[NH+](CC(=O)Nc1ccc2c(c1)OC1(CCCCC1)O2)C1CCCCC1. The molecule has 26 heavy (non-hydrogen) atoms. The van der Waals surface area contributed by atoms with E-state index >= 15 is 0 Å². The molecule has 2 N–H and O–H groups in total. The summed E-state index contributed by atoms with van der Waals surface area (Å²) in [5.41, 5.74) is 0.793. The Hall–Kier alpha value is -1.75. The van der Waals surface area contributed by atoms with Crippen molar-refractivity contribution in [2.24, 2.45) is 0 Å². The molecular weight excluding hydrogens is 328 g/mol. The zero-order valence-corrected chi connectivity index (χ0v) is 15.8. The lowest BCUT2D eigenvalue weighted by atomic mass is 9.94. The van der Waals surface area contributed by atoms with Crippen LogP contribution in [0.15, 0.2) is 18.2 Å². The highest BCUT2D eigenvalue weighted by molar-refractivity contribution is 5.91. The third kappa shape index (κ3) is 3.83. The number of ether oxygens (including phenoxy) is 2. The zero-order chi connectivity index (χ0) is 18.0.